The first-order valence-electron chi connectivity index (χ1n) is 11.2. The highest BCUT2D eigenvalue weighted by Crippen LogP contribution is 2.19. The van der Waals surface area contributed by atoms with Gasteiger partial charge in [-0.25, -0.2) is 4.79 Å². The van der Waals surface area contributed by atoms with Crippen molar-refractivity contribution in [3.63, 3.8) is 0 Å². The van der Waals surface area contributed by atoms with Crippen molar-refractivity contribution in [3.8, 4) is 0 Å². The molecule has 0 saturated heterocycles. The van der Waals surface area contributed by atoms with Crippen LogP contribution in [0.1, 0.15) is 18.4 Å². The fraction of sp³-hybridized carbons (Fsp3) is 0.409. The normalized spacial score (nSPS) is 13.3. The summed E-state index contributed by atoms with van der Waals surface area (Å²) in [6, 6.07) is 3.76. The Morgan fingerprint density at radius 1 is 1.06 bits per heavy atom. The number of aliphatic imine (C=N–C) groups is 1. The van der Waals surface area contributed by atoms with E-state index in [4.69, 9.17) is 22.3 Å². The number of hydrogen-bond donors (Lipinski definition) is 9. The molecule has 0 aliphatic heterocycles. The molecule has 2 aromatic rings. The number of carbonyl (C=O) groups excluding carboxylic acids is 3. The second-order valence-electron chi connectivity index (χ2n) is 8.04. The maximum absolute atomic E-state index is 13.0. The molecule has 0 bridgehead atoms. The molecule has 0 fully saturated rings. The summed E-state index contributed by atoms with van der Waals surface area (Å²) < 4.78 is 0. The number of nitrogens with two attached hydrogens (primary N) is 3. The van der Waals surface area contributed by atoms with Crippen molar-refractivity contribution in [2.75, 3.05) is 19.7 Å². The number of carboxylic acids is 1. The van der Waals surface area contributed by atoms with E-state index >= 15 is 0 Å². The van der Waals surface area contributed by atoms with E-state index < -0.39 is 55.0 Å². The Labute approximate surface area is 206 Å². The Morgan fingerprint density at radius 2 is 1.78 bits per heavy atom. The lowest BCUT2D eigenvalue weighted by Gasteiger charge is -2.21. The Hall–Kier alpha value is -4.17. The molecule has 0 aliphatic carbocycles. The first-order valence-corrected chi connectivity index (χ1v) is 11.2. The minimum Gasteiger partial charge on any atom is -0.480 e. The molecule has 1 heterocycles. The molecular weight excluding hydrogens is 472 g/mol. The highest BCUT2D eigenvalue weighted by atomic mass is 16.4. The van der Waals surface area contributed by atoms with Crippen molar-refractivity contribution in [1.82, 2.24) is 20.9 Å². The Morgan fingerprint density at radius 3 is 2.44 bits per heavy atom. The van der Waals surface area contributed by atoms with E-state index in [0.717, 1.165) is 10.9 Å². The van der Waals surface area contributed by atoms with Crippen LogP contribution < -0.4 is 33.2 Å². The van der Waals surface area contributed by atoms with Gasteiger partial charge in [0.05, 0.1) is 13.2 Å². The lowest BCUT2D eigenvalue weighted by molar-refractivity contribution is -0.142. The van der Waals surface area contributed by atoms with Gasteiger partial charge in [-0.2, -0.15) is 0 Å². The molecule has 3 atom stereocenters. The Bertz CT molecular complexity index is 1100. The highest BCUT2D eigenvalue weighted by molar-refractivity contribution is 5.93. The summed E-state index contributed by atoms with van der Waals surface area (Å²) >= 11 is 0. The zero-order chi connectivity index (χ0) is 26.7. The fourth-order valence-electron chi connectivity index (χ4n) is 3.39. The summed E-state index contributed by atoms with van der Waals surface area (Å²) in [5, 5.41) is 26.6. The Kier molecular flexibility index (Phi) is 10.6. The molecule has 2 rings (SSSR count). The molecule has 1 aromatic carbocycles. The quantitative estimate of drug-likeness (QED) is 0.0733. The number of carboxylic acid groups (broad SMARTS) is 1. The van der Waals surface area contributed by atoms with Gasteiger partial charge in [0.1, 0.15) is 18.1 Å². The van der Waals surface area contributed by atoms with E-state index in [9.17, 15) is 24.3 Å². The van der Waals surface area contributed by atoms with Gasteiger partial charge in [-0.05, 0) is 24.5 Å². The number of para-hydroxylation sites is 1. The highest BCUT2D eigenvalue weighted by Gasteiger charge is 2.27. The van der Waals surface area contributed by atoms with Crippen molar-refractivity contribution in [2.24, 2.45) is 22.2 Å². The number of H-pyrrole nitrogens is 1. The van der Waals surface area contributed by atoms with Gasteiger partial charge in [0, 0.05) is 30.1 Å². The van der Waals surface area contributed by atoms with E-state index in [0.29, 0.717) is 12.0 Å². The number of aliphatic hydroxyl groups is 1. The lowest BCUT2D eigenvalue weighted by Crippen LogP contribution is -2.54. The number of nitrogens with zero attached hydrogens (tertiary/aromatic N) is 1. The van der Waals surface area contributed by atoms with Crippen LogP contribution in [0.25, 0.3) is 10.9 Å². The third kappa shape index (κ3) is 8.56. The van der Waals surface area contributed by atoms with Crippen LogP contribution in [0.2, 0.25) is 0 Å². The molecule has 14 heteroatoms. The maximum Gasteiger partial charge on any atom is 0.326 e. The van der Waals surface area contributed by atoms with Gasteiger partial charge >= 0.3 is 5.97 Å². The molecule has 0 saturated carbocycles. The van der Waals surface area contributed by atoms with Gasteiger partial charge in [0.25, 0.3) is 0 Å². The third-order valence-corrected chi connectivity index (χ3v) is 5.27. The number of carbonyl (C=O) groups is 4. The van der Waals surface area contributed by atoms with E-state index in [1.807, 2.05) is 24.3 Å². The zero-order valence-corrected chi connectivity index (χ0v) is 19.6. The second-order valence-corrected chi connectivity index (χ2v) is 8.04. The molecule has 1 aromatic heterocycles. The number of aliphatic carboxylic acids is 1. The number of guanidine groups is 1. The number of nitrogens with one attached hydrogen (secondary N) is 4. The van der Waals surface area contributed by atoms with Gasteiger partial charge in [-0.1, -0.05) is 18.2 Å². The second kappa shape index (κ2) is 13.7. The summed E-state index contributed by atoms with van der Waals surface area (Å²) in [6.45, 7) is -0.917. The van der Waals surface area contributed by atoms with Crippen LogP contribution in [-0.2, 0) is 25.6 Å². The molecule has 0 radical (unpaired) electrons. The van der Waals surface area contributed by atoms with E-state index in [-0.39, 0.29) is 25.3 Å². The molecule has 3 amide bonds. The summed E-state index contributed by atoms with van der Waals surface area (Å²) in [5.74, 6) is -3.55. The van der Waals surface area contributed by atoms with Crippen LogP contribution in [0.3, 0.4) is 0 Å². The fourth-order valence-corrected chi connectivity index (χ4v) is 3.39. The first kappa shape index (κ1) is 28.1. The van der Waals surface area contributed by atoms with Gasteiger partial charge < -0.3 is 48.3 Å². The van der Waals surface area contributed by atoms with Crippen molar-refractivity contribution >= 4 is 40.6 Å². The average Bonchev–Trinajstić information content (AvgIpc) is 3.25. The van der Waals surface area contributed by atoms with Crippen molar-refractivity contribution in [1.29, 1.82) is 0 Å². The van der Waals surface area contributed by atoms with Crippen LogP contribution in [0.5, 0.6) is 0 Å². The number of aromatic nitrogens is 1. The zero-order valence-electron chi connectivity index (χ0n) is 19.6. The molecular formula is C22H32N8O6. The topological polar surface area (TPSA) is 251 Å². The Balaban J connectivity index is 2.08. The van der Waals surface area contributed by atoms with E-state index in [2.05, 4.69) is 25.9 Å². The number of benzene rings is 1. The summed E-state index contributed by atoms with van der Waals surface area (Å²) in [5.41, 5.74) is 17.5. The number of hydrogen-bond acceptors (Lipinski definition) is 7. The first-order chi connectivity index (χ1) is 17.1. The summed E-state index contributed by atoms with van der Waals surface area (Å²) in [4.78, 5) is 55.8. The summed E-state index contributed by atoms with van der Waals surface area (Å²) in [7, 11) is 0. The number of fused-ring (bicyclic) bond motifs is 1. The molecule has 0 aliphatic rings. The third-order valence-electron chi connectivity index (χ3n) is 5.27. The van der Waals surface area contributed by atoms with Crippen molar-refractivity contribution in [2.45, 2.75) is 37.4 Å². The minimum absolute atomic E-state index is 0.00879. The van der Waals surface area contributed by atoms with Crippen molar-refractivity contribution < 1.29 is 29.4 Å². The standard InChI is InChI=1S/C22H32N8O6/c23-14(11-31)19(33)28-10-18(32)29-16(6-3-7-26-22(24)25)20(34)30-17(21(35)36)8-12-9-27-15-5-2-1-4-13(12)15/h1-2,4-5,9,14,16-17,27,31H,3,6-8,10-11,23H2,(H,28,33)(H,29,32)(H,30,34)(H,35,36)(H4,24,25,26). The van der Waals surface area contributed by atoms with Gasteiger partial charge in [0.2, 0.25) is 17.7 Å². The van der Waals surface area contributed by atoms with E-state index in [1.54, 1.807) is 6.20 Å². The number of rotatable bonds is 14. The molecule has 12 N–H and O–H groups in total. The monoisotopic (exact) mass is 504 g/mol. The SMILES string of the molecule is NC(N)=NCCCC(NC(=O)CNC(=O)C(N)CO)C(=O)NC(Cc1c[nH]c2ccccc12)C(=O)O. The molecule has 0 spiro atoms. The minimum atomic E-state index is -1.27. The van der Waals surface area contributed by atoms with Gasteiger partial charge in [-0.15, -0.1) is 0 Å². The van der Waals surface area contributed by atoms with Crippen LogP contribution in [0.15, 0.2) is 35.5 Å². The van der Waals surface area contributed by atoms with Crippen LogP contribution in [-0.4, -0.2) is 82.7 Å². The van der Waals surface area contributed by atoms with Gasteiger partial charge in [-0.3, -0.25) is 19.4 Å². The van der Waals surface area contributed by atoms with Crippen LogP contribution in [0, 0.1) is 0 Å². The predicted molar refractivity (Wildman–Crippen MR) is 131 cm³/mol. The van der Waals surface area contributed by atoms with Crippen molar-refractivity contribution in [3.05, 3.63) is 36.0 Å². The summed E-state index contributed by atoms with van der Waals surface area (Å²) in [6.07, 6.45) is 2.09. The number of amides is 3. The average molecular weight is 505 g/mol. The largest absolute Gasteiger partial charge is 0.480 e. The molecule has 3 unspecified atom stereocenters. The van der Waals surface area contributed by atoms with E-state index in [1.165, 1.54) is 0 Å². The van der Waals surface area contributed by atoms with Gasteiger partial charge in [0.15, 0.2) is 5.96 Å². The predicted octanol–water partition coefficient (Wildman–Crippen LogP) is -2.75. The molecule has 14 nitrogen and oxygen atoms in total. The number of aromatic amines is 1. The van der Waals surface area contributed by atoms with Crippen LogP contribution >= 0.6 is 0 Å². The molecule has 36 heavy (non-hydrogen) atoms. The van der Waals surface area contributed by atoms with Crippen LogP contribution in [0.4, 0.5) is 0 Å². The smallest absolute Gasteiger partial charge is 0.326 e. The lowest BCUT2D eigenvalue weighted by atomic mass is 10.0. The molecule has 196 valence electrons. The number of aliphatic hydroxyl groups excluding tert-OH is 1. The maximum atomic E-state index is 13.0.